The molecule has 0 unspecified atom stereocenters. The Bertz CT molecular complexity index is 1370. The van der Waals surface area contributed by atoms with Crippen molar-refractivity contribution in [3.05, 3.63) is 94.1 Å². The normalized spacial score (nSPS) is 10.9. The summed E-state index contributed by atoms with van der Waals surface area (Å²) >= 11 is 3.41. The maximum atomic E-state index is 12.3. The Morgan fingerprint density at radius 1 is 1.18 bits per heavy atom. The first-order chi connectivity index (χ1) is 16.0. The van der Waals surface area contributed by atoms with E-state index in [0.29, 0.717) is 13.2 Å². The minimum Gasteiger partial charge on any atom is -0.507 e. The number of nitrogens with one attached hydrogen (secondary N) is 1. The van der Waals surface area contributed by atoms with Gasteiger partial charge < -0.3 is 14.4 Å². The quantitative estimate of drug-likeness (QED) is 0.279. The van der Waals surface area contributed by atoms with Crippen molar-refractivity contribution in [1.29, 1.82) is 5.26 Å². The molecule has 4 rings (SSSR count). The van der Waals surface area contributed by atoms with E-state index in [1.165, 1.54) is 18.2 Å². The van der Waals surface area contributed by atoms with Crippen molar-refractivity contribution in [1.82, 2.24) is 9.99 Å². The molecule has 1 aromatic heterocycles. The van der Waals surface area contributed by atoms with E-state index in [2.05, 4.69) is 31.0 Å². The number of aromatic nitrogens is 1. The fourth-order valence-electron chi connectivity index (χ4n) is 3.34. The first-order valence-corrected chi connectivity index (χ1v) is 10.9. The van der Waals surface area contributed by atoms with Gasteiger partial charge in [0.2, 0.25) is 0 Å². The number of amides is 1. The second-order valence-electron chi connectivity index (χ2n) is 7.13. The fraction of sp³-hybridized carbons (Fsp3) is 0.0800. The van der Waals surface area contributed by atoms with Crippen molar-refractivity contribution in [2.75, 3.05) is 6.61 Å². The number of fused-ring (bicyclic) bond motifs is 1. The number of hydrazone groups is 1. The molecule has 0 aliphatic carbocycles. The van der Waals surface area contributed by atoms with E-state index in [4.69, 9.17) is 10.00 Å². The van der Waals surface area contributed by atoms with Crippen molar-refractivity contribution in [2.45, 2.75) is 6.54 Å². The molecule has 0 aliphatic rings. The number of benzene rings is 3. The predicted octanol–water partition coefficient (Wildman–Crippen LogP) is 4.82. The predicted molar refractivity (Wildman–Crippen MR) is 129 cm³/mol. The molecule has 1 heterocycles. The summed E-state index contributed by atoms with van der Waals surface area (Å²) in [7, 11) is 0. The second kappa shape index (κ2) is 10.0. The highest BCUT2D eigenvalue weighted by Gasteiger charge is 2.09. The van der Waals surface area contributed by atoms with Gasteiger partial charge in [0.15, 0.2) is 0 Å². The number of nitrogens with zero attached hydrogens (tertiary/aromatic N) is 3. The van der Waals surface area contributed by atoms with Gasteiger partial charge in [-0.15, -0.1) is 0 Å². The highest BCUT2D eigenvalue weighted by Crippen LogP contribution is 2.20. The van der Waals surface area contributed by atoms with Gasteiger partial charge in [0.25, 0.3) is 5.91 Å². The van der Waals surface area contributed by atoms with Gasteiger partial charge in [-0.2, -0.15) is 10.4 Å². The van der Waals surface area contributed by atoms with Gasteiger partial charge in [-0.25, -0.2) is 5.43 Å². The molecule has 0 spiro atoms. The molecule has 0 radical (unpaired) electrons. The molecule has 0 fully saturated rings. The largest absolute Gasteiger partial charge is 0.507 e. The van der Waals surface area contributed by atoms with E-state index in [9.17, 15) is 9.90 Å². The molecule has 1 amide bonds. The van der Waals surface area contributed by atoms with E-state index >= 15 is 0 Å². The Morgan fingerprint density at radius 3 is 2.79 bits per heavy atom. The molecule has 8 heteroatoms. The van der Waals surface area contributed by atoms with Gasteiger partial charge in [-0.3, -0.25) is 4.79 Å². The molecule has 0 saturated carbocycles. The number of carbonyl (C=O) groups is 1. The first-order valence-electron chi connectivity index (χ1n) is 10.1. The molecule has 0 aliphatic heterocycles. The van der Waals surface area contributed by atoms with Crippen LogP contribution in [0.1, 0.15) is 21.5 Å². The van der Waals surface area contributed by atoms with Crippen molar-refractivity contribution in [3.8, 4) is 17.6 Å². The Morgan fingerprint density at radius 2 is 2.00 bits per heavy atom. The molecule has 0 bridgehead atoms. The van der Waals surface area contributed by atoms with Gasteiger partial charge in [0.1, 0.15) is 24.2 Å². The molecule has 4 aromatic rings. The highest BCUT2D eigenvalue weighted by atomic mass is 79.9. The lowest BCUT2D eigenvalue weighted by molar-refractivity contribution is 0.0955. The van der Waals surface area contributed by atoms with Crippen LogP contribution in [-0.2, 0) is 6.54 Å². The maximum absolute atomic E-state index is 12.3. The summed E-state index contributed by atoms with van der Waals surface area (Å²) in [5, 5.41) is 23.6. The second-order valence-corrected chi connectivity index (χ2v) is 8.05. The van der Waals surface area contributed by atoms with E-state index in [-0.39, 0.29) is 16.9 Å². The SMILES string of the molecule is N#Cc1cc(C(=O)NN=Cc2cccc3c2ccn3CCOc2ccc(Br)cc2)ccc1O. The topological polar surface area (TPSA) is 99.6 Å². The Labute approximate surface area is 198 Å². The number of hydrogen-bond donors (Lipinski definition) is 2. The minimum absolute atomic E-state index is 0.0295. The molecule has 164 valence electrons. The highest BCUT2D eigenvalue weighted by molar-refractivity contribution is 9.10. The fourth-order valence-corrected chi connectivity index (χ4v) is 3.60. The van der Waals surface area contributed by atoms with Crippen LogP contribution in [0.15, 0.2) is 82.5 Å². The summed E-state index contributed by atoms with van der Waals surface area (Å²) in [4.78, 5) is 12.3. The van der Waals surface area contributed by atoms with Crippen LogP contribution in [-0.4, -0.2) is 28.4 Å². The van der Waals surface area contributed by atoms with Gasteiger partial charge in [-0.05, 0) is 54.6 Å². The van der Waals surface area contributed by atoms with Crippen LogP contribution >= 0.6 is 15.9 Å². The third kappa shape index (κ3) is 5.22. The first kappa shape index (κ1) is 22.1. The van der Waals surface area contributed by atoms with Crippen molar-refractivity contribution < 1.29 is 14.6 Å². The van der Waals surface area contributed by atoms with Crippen LogP contribution in [0, 0.1) is 11.3 Å². The van der Waals surface area contributed by atoms with Gasteiger partial charge in [0.05, 0.1) is 18.3 Å². The van der Waals surface area contributed by atoms with Crippen LogP contribution in [0.2, 0.25) is 0 Å². The van der Waals surface area contributed by atoms with Crippen LogP contribution in [0.3, 0.4) is 0 Å². The lowest BCUT2D eigenvalue weighted by atomic mass is 10.1. The smallest absolute Gasteiger partial charge is 0.271 e. The average Bonchev–Trinajstić information content (AvgIpc) is 3.24. The number of hydrogen-bond acceptors (Lipinski definition) is 5. The lowest BCUT2D eigenvalue weighted by Gasteiger charge is -2.09. The van der Waals surface area contributed by atoms with Crippen LogP contribution in [0.25, 0.3) is 10.9 Å². The van der Waals surface area contributed by atoms with Crippen LogP contribution < -0.4 is 10.2 Å². The standard InChI is InChI=1S/C25H19BrN4O3/c26-20-5-7-21(8-6-20)33-13-12-30-11-10-22-18(2-1-3-23(22)30)16-28-29-25(32)17-4-9-24(31)19(14-17)15-27/h1-11,14,16,31H,12-13H2,(H,29,32). The monoisotopic (exact) mass is 502 g/mol. The molecule has 33 heavy (non-hydrogen) atoms. The van der Waals surface area contributed by atoms with Crippen molar-refractivity contribution in [3.63, 3.8) is 0 Å². The number of carbonyl (C=O) groups excluding carboxylic acids is 1. The molecule has 7 nitrogen and oxygen atoms in total. The molecular weight excluding hydrogens is 484 g/mol. The zero-order chi connectivity index (χ0) is 23.2. The summed E-state index contributed by atoms with van der Waals surface area (Å²) in [6, 6.07) is 21.5. The van der Waals surface area contributed by atoms with Crippen LogP contribution in [0.4, 0.5) is 0 Å². The van der Waals surface area contributed by atoms with E-state index in [0.717, 1.165) is 26.7 Å². The third-order valence-electron chi connectivity index (χ3n) is 5.01. The molecular formula is C25H19BrN4O3. The zero-order valence-corrected chi connectivity index (χ0v) is 19.0. The lowest BCUT2D eigenvalue weighted by Crippen LogP contribution is -2.17. The van der Waals surface area contributed by atoms with Gasteiger partial charge in [-0.1, -0.05) is 28.1 Å². The van der Waals surface area contributed by atoms with E-state index in [1.54, 1.807) is 6.21 Å². The number of phenols is 1. The maximum Gasteiger partial charge on any atom is 0.271 e. The minimum atomic E-state index is -0.474. The Hall–Kier alpha value is -4.09. The van der Waals surface area contributed by atoms with Crippen molar-refractivity contribution in [2.24, 2.45) is 5.10 Å². The summed E-state index contributed by atoms with van der Waals surface area (Å²) in [6.07, 6.45) is 3.57. The average molecular weight is 503 g/mol. The van der Waals surface area contributed by atoms with E-state index < -0.39 is 5.91 Å². The summed E-state index contributed by atoms with van der Waals surface area (Å²) in [6.45, 7) is 1.20. The number of aromatic hydroxyl groups is 1. The van der Waals surface area contributed by atoms with Crippen LogP contribution in [0.5, 0.6) is 11.5 Å². The van der Waals surface area contributed by atoms with Crippen molar-refractivity contribution >= 4 is 39.0 Å². The zero-order valence-electron chi connectivity index (χ0n) is 17.4. The molecule has 0 atom stereocenters. The number of rotatable bonds is 7. The summed E-state index contributed by atoms with van der Waals surface area (Å²) in [5.41, 5.74) is 4.60. The number of ether oxygens (including phenoxy) is 1. The number of nitriles is 1. The molecule has 3 aromatic carbocycles. The third-order valence-corrected chi connectivity index (χ3v) is 5.54. The molecule has 0 saturated heterocycles. The number of halogens is 1. The summed E-state index contributed by atoms with van der Waals surface area (Å²) in [5.74, 6) is 0.169. The molecule has 2 N–H and O–H groups in total. The number of phenolic OH excluding ortho intramolecular Hbond substituents is 1. The Balaban J connectivity index is 1.42. The van der Waals surface area contributed by atoms with Gasteiger partial charge >= 0.3 is 0 Å². The summed E-state index contributed by atoms with van der Waals surface area (Å²) < 4.78 is 8.93. The Kier molecular flexibility index (Phi) is 6.72. The van der Waals surface area contributed by atoms with E-state index in [1.807, 2.05) is 60.8 Å². The van der Waals surface area contributed by atoms with Gasteiger partial charge in [0, 0.05) is 32.7 Å².